The van der Waals surface area contributed by atoms with E-state index in [9.17, 15) is 0 Å². The summed E-state index contributed by atoms with van der Waals surface area (Å²) in [6.45, 7) is 1.99. The molecule has 0 saturated carbocycles. The highest BCUT2D eigenvalue weighted by molar-refractivity contribution is 5.47. The van der Waals surface area contributed by atoms with Crippen molar-refractivity contribution in [2.75, 3.05) is 12.4 Å². The molecule has 0 aliphatic carbocycles. The number of para-hydroxylation sites is 1. The van der Waals surface area contributed by atoms with Crippen molar-refractivity contribution in [3.8, 4) is 11.6 Å². The lowest BCUT2D eigenvalue weighted by molar-refractivity contribution is 0.459. The van der Waals surface area contributed by atoms with Gasteiger partial charge in [0.1, 0.15) is 5.75 Å². The van der Waals surface area contributed by atoms with Gasteiger partial charge < -0.3 is 10.1 Å². The minimum absolute atomic E-state index is 0.485. The van der Waals surface area contributed by atoms with Gasteiger partial charge >= 0.3 is 0 Å². The van der Waals surface area contributed by atoms with E-state index >= 15 is 0 Å². The number of anilines is 1. The van der Waals surface area contributed by atoms with Crippen LogP contribution in [0.5, 0.6) is 11.6 Å². The van der Waals surface area contributed by atoms with Crippen LogP contribution in [0.25, 0.3) is 0 Å². The summed E-state index contributed by atoms with van der Waals surface area (Å²) < 4.78 is 5.70. The first-order valence-electron chi connectivity index (χ1n) is 5.03. The Morgan fingerprint density at radius 2 is 1.88 bits per heavy atom. The van der Waals surface area contributed by atoms with Gasteiger partial charge in [-0.1, -0.05) is 18.2 Å². The van der Waals surface area contributed by atoms with E-state index in [1.165, 1.54) is 0 Å². The molecule has 2 aromatic rings. The summed E-state index contributed by atoms with van der Waals surface area (Å²) in [7, 11) is 1.79. The first-order chi connectivity index (χ1) is 7.81. The molecular formula is C12H13N3O. The van der Waals surface area contributed by atoms with E-state index in [2.05, 4.69) is 15.3 Å². The van der Waals surface area contributed by atoms with Crippen molar-refractivity contribution < 1.29 is 4.74 Å². The van der Waals surface area contributed by atoms with Gasteiger partial charge in [-0.15, -0.1) is 0 Å². The number of nitrogens with zero attached hydrogens (tertiary/aromatic N) is 2. The minimum Gasteiger partial charge on any atom is -0.436 e. The molecule has 0 atom stereocenters. The Morgan fingerprint density at radius 3 is 2.62 bits per heavy atom. The quantitative estimate of drug-likeness (QED) is 0.855. The van der Waals surface area contributed by atoms with Crippen LogP contribution in [0.1, 0.15) is 5.56 Å². The highest BCUT2D eigenvalue weighted by Gasteiger charge is 2.06. The lowest BCUT2D eigenvalue weighted by Gasteiger charge is -2.09. The average molecular weight is 215 g/mol. The molecule has 0 amide bonds. The average Bonchev–Trinajstić information content (AvgIpc) is 2.33. The lowest BCUT2D eigenvalue weighted by Crippen LogP contribution is -1.98. The fourth-order valence-corrected chi connectivity index (χ4v) is 1.35. The summed E-state index contributed by atoms with van der Waals surface area (Å²) in [5.41, 5.74) is 1.07. The predicted octanol–water partition coefficient (Wildman–Crippen LogP) is 2.62. The van der Waals surface area contributed by atoms with Gasteiger partial charge in [-0.25, -0.2) is 9.97 Å². The van der Waals surface area contributed by atoms with Crippen LogP contribution < -0.4 is 10.1 Å². The molecule has 0 fully saturated rings. The van der Waals surface area contributed by atoms with Crippen LogP contribution in [0.4, 0.5) is 5.82 Å². The van der Waals surface area contributed by atoms with Gasteiger partial charge in [0.25, 0.3) is 5.88 Å². The molecule has 4 heteroatoms. The summed E-state index contributed by atoms with van der Waals surface area (Å²) in [5.74, 6) is 1.91. The molecule has 0 bridgehead atoms. The second-order valence-corrected chi connectivity index (χ2v) is 3.33. The molecule has 0 unspecified atom stereocenters. The molecule has 1 aromatic carbocycles. The van der Waals surface area contributed by atoms with Gasteiger partial charge in [0.05, 0.1) is 0 Å². The summed E-state index contributed by atoms with van der Waals surface area (Å²) in [4.78, 5) is 8.26. The molecule has 1 N–H and O–H groups in total. The Bertz CT molecular complexity index is 485. The van der Waals surface area contributed by atoms with Gasteiger partial charge in [0, 0.05) is 19.4 Å². The van der Waals surface area contributed by atoms with E-state index in [4.69, 9.17) is 4.74 Å². The van der Waals surface area contributed by atoms with Crippen molar-refractivity contribution in [3.63, 3.8) is 0 Å². The Labute approximate surface area is 94.3 Å². The van der Waals surface area contributed by atoms with Crippen LogP contribution in [0.3, 0.4) is 0 Å². The molecule has 82 valence electrons. The zero-order chi connectivity index (χ0) is 11.4. The number of rotatable bonds is 3. The number of nitrogens with one attached hydrogen (secondary N) is 1. The number of hydrogen-bond donors (Lipinski definition) is 1. The molecule has 16 heavy (non-hydrogen) atoms. The fourth-order valence-electron chi connectivity index (χ4n) is 1.35. The second kappa shape index (κ2) is 4.61. The Morgan fingerprint density at radius 1 is 1.12 bits per heavy atom. The zero-order valence-electron chi connectivity index (χ0n) is 9.27. The fraction of sp³-hybridized carbons (Fsp3) is 0.167. The van der Waals surface area contributed by atoms with Gasteiger partial charge in [0.15, 0.2) is 5.82 Å². The maximum Gasteiger partial charge on any atom is 0.262 e. The van der Waals surface area contributed by atoms with E-state index in [0.717, 1.165) is 11.3 Å². The summed E-state index contributed by atoms with van der Waals surface area (Å²) in [6, 6.07) is 7.80. The second-order valence-electron chi connectivity index (χ2n) is 3.33. The number of aryl methyl sites for hydroxylation is 1. The Kier molecular flexibility index (Phi) is 3.00. The molecule has 0 saturated heterocycles. The van der Waals surface area contributed by atoms with E-state index in [0.29, 0.717) is 11.7 Å². The van der Waals surface area contributed by atoms with Crippen LogP contribution in [0, 0.1) is 6.92 Å². The van der Waals surface area contributed by atoms with E-state index in [1.807, 2.05) is 31.2 Å². The predicted molar refractivity (Wildman–Crippen MR) is 62.8 cm³/mol. The zero-order valence-corrected chi connectivity index (χ0v) is 9.27. The van der Waals surface area contributed by atoms with Crippen LogP contribution >= 0.6 is 0 Å². The summed E-state index contributed by atoms with van der Waals surface area (Å²) in [5, 5.41) is 2.94. The Hall–Kier alpha value is -2.10. The molecule has 0 spiro atoms. The topological polar surface area (TPSA) is 47.0 Å². The van der Waals surface area contributed by atoms with Gasteiger partial charge in [-0.05, 0) is 18.6 Å². The van der Waals surface area contributed by atoms with Crippen molar-refractivity contribution in [3.05, 3.63) is 42.2 Å². The number of hydrogen-bond acceptors (Lipinski definition) is 4. The number of benzene rings is 1. The van der Waals surface area contributed by atoms with Crippen LogP contribution in [-0.2, 0) is 0 Å². The molecule has 2 rings (SSSR count). The largest absolute Gasteiger partial charge is 0.436 e. The highest BCUT2D eigenvalue weighted by atomic mass is 16.5. The molecule has 4 nitrogen and oxygen atoms in total. The van der Waals surface area contributed by atoms with Crippen molar-refractivity contribution >= 4 is 5.82 Å². The normalized spacial score (nSPS) is 9.88. The third-order valence-electron chi connectivity index (χ3n) is 2.20. The maximum absolute atomic E-state index is 5.70. The number of aromatic nitrogens is 2. The third kappa shape index (κ3) is 2.11. The molecule has 1 heterocycles. The van der Waals surface area contributed by atoms with Gasteiger partial charge in [-0.3, -0.25) is 0 Å². The first kappa shape index (κ1) is 10.4. The molecule has 0 radical (unpaired) electrons. The smallest absolute Gasteiger partial charge is 0.262 e. The number of ether oxygens (including phenoxy) is 1. The monoisotopic (exact) mass is 215 g/mol. The molecule has 0 aliphatic heterocycles. The van der Waals surface area contributed by atoms with Crippen molar-refractivity contribution in [1.82, 2.24) is 9.97 Å². The van der Waals surface area contributed by atoms with Crippen molar-refractivity contribution in [2.24, 2.45) is 0 Å². The first-order valence-corrected chi connectivity index (χ1v) is 5.03. The third-order valence-corrected chi connectivity index (χ3v) is 2.20. The molecule has 1 aromatic heterocycles. The van der Waals surface area contributed by atoms with Crippen molar-refractivity contribution in [1.29, 1.82) is 0 Å². The van der Waals surface area contributed by atoms with Crippen molar-refractivity contribution in [2.45, 2.75) is 6.92 Å². The lowest BCUT2D eigenvalue weighted by atomic mass is 10.2. The summed E-state index contributed by atoms with van der Waals surface area (Å²) >= 11 is 0. The maximum atomic E-state index is 5.70. The van der Waals surface area contributed by atoms with Gasteiger partial charge in [-0.2, -0.15) is 0 Å². The summed E-state index contributed by atoms with van der Waals surface area (Å²) in [6.07, 6.45) is 3.23. The Balaban J connectivity index is 2.30. The minimum atomic E-state index is 0.485. The van der Waals surface area contributed by atoms with Crippen LogP contribution in [0.2, 0.25) is 0 Å². The van der Waals surface area contributed by atoms with Gasteiger partial charge in [0.2, 0.25) is 0 Å². The van der Waals surface area contributed by atoms with Crippen LogP contribution in [-0.4, -0.2) is 17.0 Å². The highest BCUT2D eigenvalue weighted by Crippen LogP contribution is 2.26. The van der Waals surface area contributed by atoms with Crippen LogP contribution in [0.15, 0.2) is 36.7 Å². The molecular weight excluding hydrogens is 202 g/mol. The molecule has 0 aliphatic rings. The standard InChI is InChI=1S/C12H13N3O/c1-9-5-3-4-6-10(9)16-12-11(13-2)14-7-8-15-12/h3-8H,1-2H3,(H,13,14). The SMILES string of the molecule is CNc1nccnc1Oc1ccccc1C. The van der Waals surface area contributed by atoms with E-state index < -0.39 is 0 Å². The van der Waals surface area contributed by atoms with E-state index in [1.54, 1.807) is 19.4 Å². The van der Waals surface area contributed by atoms with E-state index in [-0.39, 0.29) is 0 Å².